The number of nitriles is 1. The van der Waals surface area contributed by atoms with Crippen molar-refractivity contribution >= 4 is 5.91 Å². The summed E-state index contributed by atoms with van der Waals surface area (Å²) in [7, 11) is 0. The number of hydrogen-bond acceptors (Lipinski definition) is 4. The fraction of sp³-hybridized carbons (Fsp3) is 0.833. The fourth-order valence-corrected chi connectivity index (χ4v) is 2.64. The van der Waals surface area contributed by atoms with Gasteiger partial charge in [-0.2, -0.15) is 5.26 Å². The Balaban J connectivity index is 1.87. The van der Waals surface area contributed by atoms with Gasteiger partial charge in [0.05, 0.1) is 18.5 Å². The summed E-state index contributed by atoms with van der Waals surface area (Å²) < 4.78 is 0. The van der Waals surface area contributed by atoms with Crippen molar-refractivity contribution in [3.63, 3.8) is 0 Å². The van der Waals surface area contributed by atoms with E-state index in [9.17, 15) is 4.79 Å². The monoisotopic (exact) mass is 236 g/mol. The van der Waals surface area contributed by atoms with Gasteiger partial charge in [0, 0.05) is 32.7 Å². The second-order valence-electron chi connectivity index (χ2n) is 4.81. The molecule has 2 aliphatic heterocycles. The first-order chi connectivity index (χ1) is 8.31. The van der Waals surface area contributed by atoms with Crippen LogP contribution in [0.3, 0.4) is 0 Å². The van der Waals surface area contributed by atoms with E-state index in [4.69, 9.17) is 5.26 Å². The standard InChI is InChI=1S/C12H20N4O/c13-3-7-15-6-1-2-11(10-15)12(17)16-8-4-14-5-9-16/h11,14H,1-2,4-10H2. The largest absolute Gasteiger partial charge is 0.340 e. The lowest BCUT2D eigenvalue weighted by Crippen LogP contribution is -2.51. The molecule has 5 heteroatoms. The number of hydrogen-bond donors (Lipinski definition) is 1. The Morgan fingerprint density at radius 3 is 2.82 bits per heavy atom. The van der Waals surface area contributed by atoms with E-state index in [-0.39, 0.29) is 11.8 Å². The van der Waals surface area contributed by atoms with Gasteiger partial charge in [-0.15, -0.1) is 0 Å². The molecule has 2 saturated heterocycles. The first kappa shape index (κ1) is 12.3. The summed E-state index contributed by atoms with van der Waals surface area (Å²) in [6.45, 7) is 5.63. The van der Waals surface area contributed by atoms with E-state index < -0.39 is 0 Å². The summed E-state index contributed by atoms with van der Waals surface area (Å²) in [5.74, 6) is 0.393. The van der Waals surface area contributed by atoms with E-state index >= 15 is 0 Å². The minimum atomic E-state index is 0.107. The van der Waals surface area contributed by atoms with Gasteiger partial charge in [-0.25, -0.2) is 0 Å². The molecule has 2 heterocycles. The van der Waals surface area contributed by atoms with Crippen LogP contribution in [0.4, 0.5) is 0 Å². The minimum Gasteiger partial charge on any atom is -0.340 e. The Morgan fingerprint density at radius 2 is 2.12 bits per heavy atom. The number of piperidine rings is 1. The zero-order valence-electron chi connectivity index (χ0n) is 10.2. The van der Waals surface area contributed by atoms with E-state index in [1.165, 1.54) is 0 Å². The predicted molar refractivity (Wildman–Crippen MR) is 64.2 cm³/mol. The summed E-state index contributed by atoms with van der Waals surface area (Å²) in [4.78, 5) is 16.4. The summed E-state index contributed by atoms with van der Waals surface area (Å²) in [5, 5.41) is 12.0. The molecule has 1 amide bonds. The van der Waals surface area contributed by atoms with Crippen LogP contribution in [-0.4, -0.2) is 61.5 Å². The lowest BCUT2D eigenvalue weighted by Gasteiger charge is -2.35. The van der Waals surface area contributed by atoms with Gasteiger partial charge in [0.2, 0.25) is 5.91 Å². The van der Waals surface area contributed by atoms with Crippen molar-refractivity contribution in [3.05, 3.63) is 0 Å². The van der Waals surface area contributed by atoms with Crippen LogP contribution in [0.25, 0.3) is 0 Å². The summed E-state index contributed by atoms with van der Waals surface area (Å²) >= 11 is 0. The Hall–Kier alpha value is -1.12. The van der Waals surface area contributed by atoms with E-state index in [2.05, 4.69) is 16.3 Å². The Morgan fingerprint density at radius 1 is 1.35 bits per heavy atom. The summed E-state index contributed by atoms with van der Waals surface area (Å²) in [6, 6.07) is 2.17. The topological polar surface area (TPSA) is 59.4 Å². The number of carbonyl (C=O) groups excluding carboxylic acids is 1. The molecular formula is C12H20N4O. The average Bonchev–Trinajstić information content (AvgIpc) is 2.40. The molecule has 17 heavy (non-hydrogen) atoms. The summed E-state index contributed by atoms with van der Waals surface area (Å²) in [5.41, 5.74) is 0. The molecule has 1 N–H and O–H groups in total. The van der Waals surface area contributed by atoms with Gasteiger partial charge in [0.15, 0.2) is 0 Å². The van der Waals surface area contributed by atoms with Gasteiger partial charge in [-0.3, -0.25) is 9.69 Å². The SMILES string of the molecule is N#CCN1CCCC(C(=O)N2CCNCC2)C1. The first-order valence-electron chi connectivity index (χ1n) is 6.40. The molecule has 5 nitrogen and oxygen atoms in total. The van der Waals surface area contributed by atoms with Crippen LogP contribution in [0.1, 0.15) is 12.8 Å². The highest BCUT2D eigenvalue weighted by atomic mass is 16.2. The Bertz CT molecular complexity index is 306. The fourth-order valence-electron chi connectivity index (χ4n) is 2.64. The second-order valence-corrected chi connectivity index (χ2v) is 4.81. The lowest BCUT2D eigenvalue weighted by molar-refractivity contribution is -0.137. The second kappa shape index (κ2) is 5.99. The van der Waals surface area contributed by atoms with E-state index in [1.54, 1.807) is 0 Å². The van der Waals surface area contributed by atoms with Crippen molar-refractivity contribution in [3.8, 4) is 6.07 Å². The molecule has 1 atom stereocenters. The highest BCUT2D eigenvalue weighted by Crippen LogP contribution is 2.18. The van der Waals surface area contributed by atoms with Gasteiger partial charge in [-0.1, -0.05) is 0 Å². The van der Waals surface area contributed by atoms with E-state index in [0.29, 0.717) is 6.54 Å². The highest BCUT2D eigenvalue weighted by Gasteiger charge is 2.29. The molecule has 0 aromatic rings. The van der Waals surface area contributed by atoms with E-state index in [1.807, 2.05) is 4.90 Å². The van der Waals surface area contributed by atoms with Gasteiger partial charge in [-0.05, 0) is 19.4 Å². The van der Waals surface area contributed by atoms with E-state index in [0.717, 1.165) is 52.1 Å². The lowest BCUT2D eigenvalue weighted by atomic mass is 9.96. The number of piperazine rings is 1. The molecule has 1 unspecified atom stereocenters. The molecule has 2 rings (SSSR count). The molecule has 0 aromatic carbocycles. The maximum atomic E-state index is 12.3. The molecule has 94 valence electrons. The molecule has 0 spiro atoms. The maximum absolute atomic E-state index is 12.3. The normalized spacial score (nSPS) is 26.5. The Labute approximate surface area is 102 Å². The zero-order chi connectivity index (χ0) is 12.1. The third-order valence-corrected chi connectivity index (χ3v) is 3.58. The first-order valence-corrected chi connectivity index (χ1v) is 6.40. The molecule has 0 aromatic heterocycles. The Kier molecular flexibility index (Phi) is 4.35. The van der Waals surface area contributed by atoms with Crippen LogP contribution >= 0.6 is 0 Å². The zero-order valence-corrected chi connectivity index (χ0v) is 10.2. The molecule has 0 bridgehead atoms. The van der Waals surface area contributed by atoms with Gasteiger partial charge < -0.3 is 10.2 Å². The quantitative estimate of drug-likeness (QED) is 0.666. The van der Waals surface area contributed by atoms with Crippen LogP contribution in [0.15, 0.2) is 0 Å². The van der Waals surface area contributed by atoms with Crippen molar-refractivity contribution in [1.82, 2.24) is 15.1 Å². The smallest absolute Gasteiger partial charge is 0.227 e. The number of rotatable bonds is 2. The van der Waals surface area contributed by atoms with Gasteiger partial charge in [0.1, 0.15) is 0 Å². The van der Waals surface area contributed by atoms with Crippen molar-refractivity contribution in [2.45, 2.75) is 12.8 Å². The van der Waals surface area contributed by atoms with Crippen molar-refractivity contribution in [2.24, 2.45) is 5.92 Å². The molecule has 2 fully saturated rings. The van der Waals surface area contributed by atoms with Crippen LogP contribution in [0, 0.1) is 17.2 Å². The van der Waals surface area contributed by atoms with Crippen molar-refractivity contribution in [1.29, 1.82) is 5.26 Å². The van der Waals surface area contributed by atoms with Crippen LogP contribution in [-0.2, 0) is 4.79 Å². The van der Waals surface area contributed by atoms with Crippen molar-refractivity contribution < 1.29 is 4.79 Å². The average molecular weight is 236 g/mol. The third-order valence-electron chi connectivity index (χ3n) is 3.58. The number of nitrogens with zero attached hydrogens (tertiary/aromatic N) is 3. The molecule has 0 aliphatic carbocycles. The van der Waals surface area contributed by atoms with Crippen LogP contribution in [0.5, 0.6) is 0 Å². The van der Waals surface area contributed by atoms with Crippen molar-refractivity contribution in [2.75, 3.05) is 45.8 Å². The summed E-state index contributed by atoms with van der Waals surface area (Å²) in [6.07, 6.45) is 2.01. The van der Waals surface area contributed by atoms with Crippen LogP contribution < -0.4 is 5.32 Å². The molecule has 0 saturated carbocycles. The number of amides is 1. The minimum absolute atomic E-state index is 0.107. The molecular weight excluding hydrogens is 216 g/mol. The number of carbonyl (C=O) groups is 1. The van der Waals surface area contributed by atoms with Crippen LogP contribution in [0.2, 0.25) is 0 Å². The van der Waals surface area contributed by atoms with Gasteiger partial charge >= 0.3 is 0 Å². The predicted octanol–water partition coefficient (Wildman–Crippen LogP) is -0.346. The third kappa shape index (κ3) is 3.18. The number of likely N-dealkylation sites (tertiary alicyclic amines) is 1. The molecule has 2 aliphatic rings. The maximum Gasteiger partial charge on any atom is 0.227 e. The van der Waals surface area contributed by atoms with Gasteiger partial charge in [0.25, 0.3) is 0 Å². The number of nitrogens with one attached hydrogen (secondary N) is 1. The molecule has 0 radical (unpaired) electrons. The highest BCUT2D eigenvalue weighted by molar-refractivity contribution is 5.79.